The van der Waals surface area contributed by atoms with Crippen molar-refractivity contribution in [1.29, 1.82) is 0 Å². The number of nitrogens with one attached hydrogen (secondary N) is 1. The lowest BCUT2D eigenvalue weighted by atomic mass is 9.95. The molecule has 0 saturated carbocycles. The van der Waals surface area contributed by atoms with E-state index < -0.39 is 0 Å². The molecule has 1 N–H and O–H groups in total. The SMILES string of the molecule is CC[C@@H](C(=O)Nc1ccc(-n2cccn2)nc1)c1ccccc1. The summed E-state index contributed by atoms with van der Waals surface area (Å²) in [5, 5.41) is 7.06. The smallest absolute Gasteiger partial charge is 0.231 e. The molecule has 0 fully saturated rings. The van der Waals surface area contributed by atoms with Crippen LogP contribution in [0.2, 0.25) is 0 Å². The minimum Gasteiger partial charge on any atom is -0.324 e. The average molecular weight is 306 g/mol. The largest absolute Gasteiger partial charge is 0.324 e. The van der Waals surface area contributed by atoms with E-state index in [4.69, 9.17) is 0 Å². The maximum Gasteiger partial charge on any atom is 0.231 e. The van der Waals surface area contributed by atoms with Gasteiger partial charge >= 0.3 is 0 Å². The molecular weight excluding hydrogens is 288 g/mol. The molecule has 0 aliphatic heterocycles. The van der Waals surface area contributed by atoms with Gasteiger partial charge in [0, 0.05) is 12.4 Å². The molecule has 0 spiro atoms. The Morgan fingerprint density at radius 3 is 2.61 bits per heavy atom. The third kappa shape index (κ3) is 3.45. The van der Waals surface area contributed by atoms with E-state index in [0.29, 0.717) is 11.5 Å². The first-order valence-electron chi connectivity index (χ1n) is 7.60. The van der Waals surface area contributed by atoms with Gasteiger partial charge < -0.3 is 5.32 Å². The Labute approximate surface area is 135 Å². The standard InChI is InChI=1S/C18H18N4O/c1-2-16(14-7-4-3-5-8-14)18(23)21-15-9-10-17(19-13-15)22-12-6-11-20-22/h3-13,16H,2H2,1H3,(H,21,23)/t16-/m1/s1. The first-order chi connectivity index (χ1) is 11.3. The zero-order chi connectivity index (χ0) is 16.1. The van der Waals surface area contributed by atoms with Gasteiger partial charge in [0.1, 0.15) is 0 Å². The van der Waals surface area contributed by atoms with Gasteiger partial charge in [-0.25, -0.2) is 9.67 Å². The summed E-state index contributed by atoms with van der Waals surface area (Å²) in [6.45, 7) is 2.01. The summed E-state index contributed by atoms with van der Waals surface area (Å²) in [7, 11) is 0. The Morgan fingerprint density at radius 2 is 2.00 bits per heavy atom. The molecule has 23 heavy (non-hydrogen) atoms. The second kappa shape index (κ2) is 6.87. The van der Waals surface area contributed by atoms with Crippen molar-refractivity contribution >= 4 is 11.6 Å². The Balaban J connectivity index is 1.72. The zero-order valence-electron chi connectivity index (χ0n) is 12.9. The summed E-state index contributed by atoms with van der Waals surface area (Å²) in [5.41, 5.74) is 1.70. The van der Waals surface area contributed by atoms with Crippen molar-refractivity contribution in [3.05, 3.63) is 72.7 Å². The van der Waals surface area contributed by atoms with E-state index in [1.807, 2.05) is 61.7 Å². The van der Waals surface area contributed by atoms with Crippen molar-refractivity contribution in [3.63, 3.8) is 0 Å². The number of aromatic nitrogens is 3. The fourth-order valence-electron chi connectivity index (χ4n) is 2.49. The third-order valence-electron chi connectivity index (χ3n) is 3.68. The lowest BCUT2D eigenvalue weighted by molar-refractivity contribution is -0.117. The van der Waals surface area contributed by atoms with Crippen LogP contribution in [0.5, 0.6) is 0 Å². The number of amides is 1. The first-order valence-corrected chi connectivity index (χ1v) is 7.60. The molecule has 5 nitrogen and oxygen atoms in total. The maximum atomic E-state index is 12.5. The molecule has 0 saturated heterocycles. The monoisotopic (exact) mass is 306 g/mol. The molecule has 0 radical (unpaired) electrons. The number of rotatable bonds is 5. The normalized spacial score (nSPS) is 11.9. The number of carbonyl (C=O) groups is 1. The second-order valence-corrected chi connectivity index (χ2v) is 5.22. The molecule has 0 aliphatic carbocycles. The molecule has 3 aromatic rings. The lowest BCUT2D eigenvalue weighted by Gasteiger charge is -2.15. The number of anilines is 1. The number of hydrogen-bond acceptors (Lipinski definition) is 3. The summed E-state index contributed by atoms with van der Waals surface area (Å²) in [4.78, 5) is 16.8. The summed E-state index contributed by atoms with van der Waals surface area (Å²) >= 11 is 0. The van der Waals surface area contributed by atoms with Crippen molar-refractivity contribution < 1.29 is 4.79 Å². The summed E-state index contributed by atoms with van der Waals surface area (Å²) in [6.07, 6.45) is 5.91. The highest BCUT2D eigenvalue weighted by Gasteiger charge is 2.18. The highest BCUT2D eigenvalue weighted by molar-refractivity contribution is 5.95. The fraction of sp³-hybridized carbons (Fsp3) is 0.167. The van der Waals surface area contributed by atoms with Gasteiger partial charge in [-0.05, 0) is 30.2 Å². The molecule has 2 aromatic heterocycles. The van der Waals surface area contributed by atoms with E-state index in [0.717, 1.165) is 12.0 Å². The van der Waals surface area contributed by atoms with Crippen LogP contribution in [0, 0.1) is 0 Å². The Bertz CT molecular complexity index is 751. The molecule has 1 aromatic carbocycles. The van der Waals surface area contributed by atoms with Crippen LogP contribution in [-0.2, 0) is 4.79 Å². The summed E-state index contributed by atoms with van der Waals surface area (Å²) in [6, 6.07) is 15.3. The molecule has 0 bridgehead atoms. The van der Waals surface area contributed by atoms with E-state index in [-0.39, 0.29) is 11.8 Å². The predicted octanol–water partition coefficient (Wildman–Crippen LogP) is 3.40. The van der Waals surface area contributed by atoms with Gasteiger partial charge in [-0.2, -0.15) is 5.10 Å². The molecule has 1 amide bonds. The number of pyridine rings is 1. The summed E-state index contributed by atoms with van der Waals surface area (Å²) < 4.78 is 1.67. The molecule has 3 rings (SSSR count). The quantitative estimate of drug-likeness (QED) is 0.786. The minimum absolute atomic E-state index is 0.0210. The highest BCUT2D eigenvalue weighted by atomic mass is 16.1. The molecule has 5 heteroatoms. The molecule has 2 heterocycles. The van der Waals surface area contributed by atoms with Crippen LogP contribution in [-0.4, -0.2) is 20.7 Å². The van der Waals surface area contributed by atoms with Crippen LogP contribution >= 0.6 is 0 Å². The van der Waals surface area contributed by atoms with Gasteiger partial charge in [-0.1, -0.05) is 37.3 Å². The first kappa shape index (κ1) is 15.0. The van der Waals surface area contributed by atoms with E-state index >= 15 is 0 Å². The van der Waals surface area contributed by atoms with Gasteiger partial charge in [0.15, 0.2) is 5.82 Å². The summed E-state index contributed by atoms with van der Waals surface area (Å²) in [5.74, 6) is 0.525. The van der Waals surface area contributed by atoms with Crippen molar-refractivity contribution in [2.24, 2.45) is 0 Å². The van der Waals surface area contributed by atoms with Crippen molar-refractivity contribution in [1.82, 2.24) is 14.8 Å². The van der Waals surface area contributed by atoms with Crippen LogP contribution in [0.25, 0.3) is 5.82 Å². The predicted molar refractivity (Wildman–Crippen MR) is 89.5 cm³/mol. The zero-order valence-corrected chi connectivity index (χ0v) is 12.9. The Hall–Kier alpha value is -2.95. The Kier molecular flexibility index (Phi) is 4.47. The van der Waals surface area contributed by atoms with E-state index in [9.17, 15) is 4.79 Å². The molecule has 116 valence electrons. The van der Waals surface area contributed by atoms with Crippen LogP contribution in [0.15, 0.2) is 67.1 Å². The molecule has 0 aliphatic rings. The number of benzene rings is 1. The molecular formula is C18H18N4O. The number of hydrogen-bond donors (Lipinski definition) is 1. The van der Waals surface area contributed by atoms with E-state index in [1.54, 1.807) is 17.1 Å². The topological polar surface area (TPSA) is 59.8 Å². The second-order valence-electron chi connectivity index (χ2n) is 5.22. The van der Waals surface area contributed by atoms with E-state index in [1.165, 1.54) is 0 Å². The van der Waals surface area contributed by atoms with Crippen LogP contribution in [0.3, 0.4) is 0 Å². The van der Waals surface area contributed by atoms with Crippen LogP contribution in [0.4, 0.5) is 5.69 Å². The average Bonchev–Trinajstić information content (AvgIpc) is 3.12. The third-order valence-corrected chi connectivity index (χ3v) is 3.68. The van der Waals surface area contributed by atoms with Gasteiger partial charge in [-0.3, -0.25) is 4.79 Å². The minimum atomic E-state index is -0.165. The maximum absolute atomic E-state index is 12.5. The Morgan fingerprint density at radius 1 is 1.17 bits per heavy atom. The van der Waals surface area contributed by atoms with Gasteiger partial charge in [0.25, 0.3) is 0 Å². The lowest BCUT2D eigenvalue weighted by Crippen LogP contribution is -2.20. The fourth-order valence-corrected chi connectivity index (χ4v) is 2.49. The highest BCUT2D eigenvalue weighted by Crippen LogP contribution is 2.21. The van der Waals surface area contributed by atoms with Crippen molar-refractivity contribution in [2.45, 2.75) is 19.3 Å². The van der Waals surface area contributed by atoms with Crippen LogP contribution in [0.1, 0.15) is 24.8 Å². The number of nitrogens with zero attached hydrogens (tertiary/aromatic N) is 3. The van der Waals surface area contributed by atoms with E-state index in [2.05, 4.69) is 15.4 Å². The molecule has 1 atom stereocenters. The number of carbonyl (C=O) groups excluding carboxylic acids is 1. The van der Waals surface area contributed by atoms with Gasteiger partial charge in [0.2, 0.25) is 5.91 Å². The van der Waals surface area contributed by atoms with Crippen LogP contribution < -0.4 is 5.32 Å². The van der Waals surface area contributed by atoms with Gasteiger partial charge in [0.05, 0.1) is 17.8 Å². The van der Waals surface area contributed by atoms with Crippen molar-refractivity contribution in [2.75, 3.05) is 5.32 Å². The van der Waals surface area contributed by atoms with Gasteiger partial charge in [-0.15, -0.1) is 0 Å². The molecule has 0 unspecified atom stereocenters. The van der Waals surface area contributed by atoms with Crippen molar-refractivity contribution in [3.8, 4) is 5.82 Å².